The van der Waals surface area contributed by atoms with E-state index in [0.717, 1.165) is 22.9 Å². The average molecular weight is 273 g/mol. The van der Waals surface area contributed by atoms with Crippen molar-refractivity contribution in [2.24, 2.45) is 0 Å². The van der Waals surface area contributed by atoms with Gasteiger partial charge >= 0.3 is 0 Å². The van der Waals surface area contributed by atoms with E-state index in [-0.39, 0.29) is 6.79 Å². The van der Waals surface area contributed by atoms with E-state index in [2.05, 4.69) is 15.3 Å². The molecule has 0 bridgehead atoms. The summed E-state index contributed by atoms with van der Waals surface area (Å²) in [4.78, 5) is 8.46. The SMILES string of the molecule is CNc1cc(OCc2ccc3c(c2)OCO3)nc(C)n1. The summed E-state index contributed by atoms with van der Waals surface area (Å²) in [5.41, 5.74) is 0.997. The molecule has 2 aromatic rings. The lowest BCUT2D eigenvalue weighted by Gasteiger charge is -2.08. The number of anilines is 1. The second-order valence-electron chi connectivity index (χ2n) is 4.36. The fraction of sp³-hybridized carbons (Fsp3) is 0.286. The molecule has 0 fully saturated rings. The van der Waals surface area contributed by atoms with Crippen LogP contribution in [-0.2, 0) is 6.61 Å². The highest BCUT2D eigenvalue weighted by Crippen LogP contribution is 2.32. The fourth-order valence-corrected chi connectivity index (χ4v) is 1.93. The van der Waals surface area contributed by atoms with Gasteiger partial charge in [0, 0.05) is 13.1 Å². The van der Waals surface area contributed by atoms with Crippen molar-refractivity contribution in [2.75, 3.05) is 19.2 Å². The molecule has 1 aromatic carbocycles. The molecule has 0 atom stereocenters. The first kappa shape index (κ1) is 12.5. The highest BCUT2D eigenvalue weighted by molar-refractivity contribution is 5.44. The van der Waals surface area contributed by atoms with E-state index in [1.165, 1.54) is 0 Å². The minimum absolute atomic E-state index is 0.274. The standard InChI is InChI=1S/C14H15N3O3/c1-9-16-13(15-2)6-14(17-9)18-7-10-3-4-11-12(5-10)20-8-19-11/h3-6H,7-8H2,1-2H3,(H,15,16,17). The van der Waals surface area contributed by atoms with Crippen molar-refractivity contribution in [3.63, 3.8) is 0 Å². The van der Waals surface area contributed by atoms with Crippen molar-refractivity contribution < 1.29 is 14.2 Å². The van der Waals surface area contributed by atoms with E-state index in [0.29, 0.717) is 18.3 Å². The molecule has 2 heterocycles. The lowest BCUT2D eigenvalue weighted by Crippen LogP contribution is -2.02. The van der Waals surface area contributed by atoms with Gasteiger partial charge in [-0.15, -0.1) is 0 Å². The minimum atomic E-state index is 0.274. The van der Waals surface area contributed by atoms with Gasteiger partial charge in [-0.2, -0.15) is 4.98 Å². The molecular weight excluding hydrogens is 258 g/mol. The first-order valence-electron chi connectivity index (χ1n) is 6.29. The first-order valence-corrected chi connectivity index (χ1v) is 6.29. The highest BCUT2D eigenvalue weighted by Gasteiger charge is 2.13. The van der Waals surface area contributed by atoms with Gasteiger partial charge in [0.1, 0.15) is 18.2 Å². The number of ether oxygens (including phenoxy) is 3. The summed E-state index contributed by atoms with van der Waals surface area (Å²) in [7, 11) is 1.81. The number of nitrogens with one attached hydrogen (secondary N) is 1. The monoisotopic (exact) mass is 273 g/mol. The topological polar surface area (TPSA) is 65.5 Å². The molecule has 1 aliphatic heterocycles. The van der Waals surface area contributed by atoms with Crippen LogP contribution < -0.4 is 19.5 Å². The third-order valence-corrected chi connectivity index (χ3v) is 2.89. The van der Waals surface area contributed by atoms with E-state index in [9.17, 15) is 0 Å². The zero-order valence-electron chi connectivity index (χ0n) is 11.3. The molecule has 6 nitrogen and oxygen atoms in total. The van der Waals surface area contributed by atoms with Crippen LogP contribution in [0.15, 0.2) is 24.3 Å². The summed E-state index contributed by atoms with van der Waals surface area (Å²) in [6.07, 6.45) is 0. The number of hydrogen-bond donors (Lipinski definition) is 1. The molecule has 1 aromatic heterocycles. The van der Waals surface area contributed by atoms with E-state index in [1.807, 2.05) is 32.2 Å². The number of hydrogen-bond acceptors (Lipinski definition) is 6. The van der Waals surface area contributed by atoms with Gasteiger partial charge in [-0.1, -0.05) is 6.07 Å². The van der Waals surface area contributed by atoms with Gasteiger partial charge in [0.15, 0.2) is 11.5 Å². The van der Waals surface area contributed by atoms with Crippen LogP contribution in [-0.4, -0.2) is 23.8 Å². The predicted molar refractivity (Wildman–Crippen MR) is 73.2 cm³/mol. The molecule has 0 spiro atoms. The molecule has 20 heavy (non-hydrogen) atoms. The van der Waals surface area contributed by atoms with Crippen molar-refractivity contribution in [1.29, 1.82) is 0 Å². The zero-order chi connectivity index (χ0) is 13.9. The number of rotatable bonds is 4. The Kier molecular flexibility index (Phi) is 3.28. The van der Waals surface area contributed by atoms with Crippen molar-refractivity contribution in [3.05, 3.63) is 35.7 Å². The van der Waals surface area contributed by atoms with Gasteiger partial charge in [0.05, 0.1) is 0 Å². The third kappa shape index (κ3) is 2.59. The minimum Gasteiger partial charge on any atom is -0.473 e. The Morgan fingerprint density at radius 3 is 2.90 bits per heavy atom. The molecule has 0 saturated carbocycles. The maximum absolute atomic E-state index is 5.69. The van der Waals surface area contributed by atoms with Crippen LogP contribution in [0.1, 0.15) is 11.4 Å². The molecule has 0 amide bonds. The van der Waals surface area contributed by atoms with Gasteiger partial charge < -0.3 is 19.5 Å². The Bertz CT molecular complexity index is 631. The van der Waals surface area contributed by atoms with Crippen LogP contribution in [0.5, 0.6) is 17.4 Å². The number of nitrogens with zero attached hydrogens (tertiary/aromatic N) is 2. The smallest absolute Gasteiger partial charge is 0.231 e. The molecule has 1 aliphatic rings. The van der Waals surface area contributed by atoms with Crippen molar-refractivity contribution >= 4 is 5.82 Å². The van der Waals surface area contributed by atoms with Crippen LogP contribution in [0.2, 0.25) is 0 Å². The largest absolute Gasteiger partial charge is 0.473 e. The van der Waals surface area contributed by atoms with E-state index in [1.54, 1.807) is 6.07 Å². The maximum atomic E-state index is 5.69. The van der Waals surface area contributed by atoms with Crippen molar-refractivity contribution in [3.8, 4) is 17.4 Å². The lowest BCUT2D eigenvalue weighted by molar-refractivity contribution is 0.174. The molecule has 0 saturated heterocycles. The quantitative estimate of drug-likeness (QED) is 0.920. The second kappa shape index (κ2) is 5.24. The Balaban J connectivity index is 1.71. The summed E-state index contributed by atoms with van der Waals surface area (Å²) in [6.45, 7) is 2.51. The van der Waals surface area contributed by atoms with Crippen LogP contribution in [0.3, 0.4) is 0 Å². The summed E-state index contributed by atoms with van der Waals surface area (Å²) >= 11 is 0. The Morgan fingerprint density at radius 2 is 2.05 bits per heavy atom. The third-order valence-electron chi connectivity index (χ3n) is 2.89. The Labute approximate surface area is 116 Å². The Hall–Kier alpha value is -2.50. The number of aromatic nitrogens is 2. The average Bonchev–Trinajstić information content (AvgIpc) is 2.92. The van der Waals surface area contributed by atoms with Gasteiger partial charge in [0.2, 0.25) is 12.7 Å². The summed E-state index contributed by atoms with van der Waals surface area (Å²) in [6, 6.07) is 7.50. The molecular formula is C14H15N3O3. The van der Waals surface area contributed by atoms with E-state index < -0.39 is 0 Å². The maximum Gasteiger partial charge on any atom is 0.231 e. The van der Waals surface area contributed by atoms with Crippen molar-refractivity contribution in [1.82, 2.24) is 9.97 Å². The van der Waals surface area contributed by atoms with Crippen molar-refractivity contribution in [2.45, 2.75) is 13.5 Å². The summed E-state index contributed by atoms with van der Waals surface area (Å²) in [5.74, 6) is 3.46. The first-order chi connectivity index (χ1) is 9.74. The highest BCUT2D eigenvalue weighted by atomic mass is 16.7. The zero-order valence-corrected chi connectivity index (χ0v) is 11.3. The van der Waals surface area contributed by atoms with Gasteiger partial charge in [0.25, 0.3) is 0 Å². The summed E-state index contributed by atoms with van der Waals surface area (Å²) in [5, 5.41) is 2.97. The predicted octanol–water partition coefficient (Wildman–Crippen LogP) is 2.13. The summed E-state index contributed by atoms with van der Waals surface area (Å²) < 4.78 is 16.3. The second-order valence-corrected chi connectivity index (χ2v) is 4.36. The van der Waals surface area contributed by atoms with Crippen LogP contribution >= 0.6 is 0 Å². The molecule has 104 valence electrons. The Morgan fingerprint density at radius 1 is 1.20 bits per heavy atom. The molecule has 0 radical (unpaired) electrons. The molecule has 0 aliphatic carbocycles. The van der Waals surface area contributed by atoms with Gasteiger partial charge in [-0.3, -0.25) is 0 Å². The van der Waals surface area contributed by atoms with Gasteiger partial charge in [-0.25, -0.2) is 4.98 Å². The molecule has 3 rings (SSSR count). The van der Waals surface area contributed by atoms with E-state index >= 15 is 0 Å². The van der Waals surface area contributed by atoms with Crippen LogP contribution in [0.4, 0.5) is 5.82 Å². The molecule has 0 unspecified atom stereocenters. The number of benzene rings is 1. The molecule has 6 heteroatoms. The lowest BCUT2D eigenvalue weighted by atomic mass is 10.2. The molecule has 1 N–H and O–H groups in total. The van der Waals surface area contributed by atoms with E-state index in [4.69, 9.17) is 14.2 Å². The van der Waals surface area contributed by atoms with Gasteiger partial charge in [-0.05, 0) is 24.6 Å². The van der Waals surface area contributed by atoms with Crippen LogP contribution in [0.25, 0.3) is 0 Å². The normalized spacial score (nSPS) is 12.3. The van der Waals surface area contributed by atoms with Crippen LogP contribution in [0, 0.1) is 6.92 Å². The fourth-order valence-electron chi connectivity index (χ4n) is 1.93. The number of fused-ring (bicyclic) bond motifs is 1. The number of aryl methyl sites for hydroxylation is 1.